The highest BCUT2D eigenvalue weighted by Gasteiger charge is 2.47. The summed E-state index contributed by atoms with van der Waals surface area (Å²) in [6, 6.07) is 0. The van der Waals surface area contributed by atoms with Crippen molar-refractivity contribution in [3.63, 3.8) is 0 Å². The van der Waals surface area contributed by atoms with Crippen LogP contribution in [-0.2, 0) is 31.6 Å². The van der Waals surface area contributed by atoms with Crippen molar-refractivity contribution in [1.82, 2.24) is 14.5 Å². The molecule has 23 heteroatoms. The molecule has 18 nitrogen and oxygen atoms in total. The van der Waals surface area contributed by atoms with Gasteiger partial charge in [-0.1, -0.05) is 0 Å². The lowest BCUT2D eigenvalue weighted by Crippen LogP contribution is -2.36. The monoisotopic (exact) mass is 571 g/mol. The van der Waals surface area contributed by atoms with Gasteiger partial charge in [0.25, 0.3) is 0 Å². The van der Waals surface area contributed by atoms with Crippen LogP contribution in [0.5, 0.6) is 0 Å². The second-order valence-corrected chi connectivity index (χ2v) is 11.1. The number of aromatic amines is 1. The van der Waals surface area contributed by atoms with Gasteiger partial charge in [-0.15, -0.1) is 0 Å². The van der Waals surface area contributed by atoms with Crippen LogP contribution in [0.4, 0.5) is 8.78 Å². The molecule has 196 valence electrons. The molecule has 35 heavy (non-hydrogen) atoms. The van der Waals surface area contributed by atoms with Crippen molar-refractivity contribution in [1.29, 1.82) is 0 Å². The maximum absolute atomic E-state index is 13.6. The van der Waals surface area contributed by atoms with E-state index in [-0.39, 0.29) is 0 Å². The summed E-state index contributed by atoms with van der Waals surface area (Å²) in [6.45, 7) is -1.19. The SMILES string of the molecule is O=c1c(F)c(F)[nH]c2nc(=O)n([C@@H]3O[C@H](COP(=O)(O)OP(=O)(O)OP(=O)(O)O)C(O)[C@@H]3O)cc12. The summed E-state index contributed by atoms with van der Waals surface area (Å²) in [6.07, 6.45) is -6.94. The smallest absolute Gasteiger partial charge is 0.387 e. The molecular weight excluding hydrogens is 557 g/mol. The zero-order chi connectivity index (χ0) is 26.5. The fourth-order valence-corrected chi connectivity index (χ4v) is 5.89. The fraction of sp³-hybridized carbons (Fsp3) is 0.417. The zero-order valence-corrected chi connectivity index (χ0v) is 19.1. The molecule has 0 aliphatic carbocycles. The van der Waals surface area contributed by atoms with Crippen molar-refractivity contribution < 1.29 is 70.1 Å². The van der Waals surface area contributed by atoms with Gasteiger partial charge in [0.05, 0.1) is 12.0 Å². The molecule has 3 rings (SSSR count). The number of phosphoric acid groups is 3. The second-order valence-electron chi connectivity index (χ2n) is 6.71. The molecule has 0 saturated carbocycles. The summed E-state index contributed by atoms with van der Waals surface area (Å²) in [4.78, 5) is 64.7. The Balaban J connectivity index is 1.80. The van der Waals surface area contributed by atoms with E-state index in [0.717, 1.165) is 0 Å². The van der Waals surface area contributed by atoms with E-state index < -0.39 is 88.5 Å². The average Bonchev–Trinajstić information content (AvgIpc) is 2.96. The highest BCUT2D eigenvalue weighted by Crippen LogP contribution is 2.66. The standard InChI is InChI=1S/C12H14F2N3O15P3/c13-5-6(18)3-1-17(12(21)16-10(3)15-9(5)14)11-8(20)7(19)4(30-11)2-29-34(25,26)32-35(27,28)31-33(22,23)24/h1,4,7-8,11,19-20H,2H2,(H,25,26)(H,27,28)(H,15,16,21)(H2,22,23,24)/t4-,7?,8+,11-/m1/s1. The normalized spacial score (nSPS) is 26.5. The van der Waals surface area contributed by atoms with Gasteiger partial charge in [-0.2, -0.15) is 22.4 Å². The van der Waals surface area contributed by atoms with E-state index in [0.29, 0.717) is 10.8 Å². The first-order chi connectivity index (χ1) is 15.9. The Morgan fingerprint density at radius 2 is 1.69 bits per heavy atom. The molecule has 2 aromatic heterocycles. The maximum Gasteiger partial charge on any atom is 0.490 e. The molecule has 1 aliphatic rings. The van der Waals surface area contributed by atoms with Crippen molar-refractivity contribution in [2.45, 2.75) is 24.5 Å². The first kappa shape index (κ1) is 27.8. The van der Waals surface area contributed by atoms with Crippen LogP contribution in [0.2, 0.25) is 0 Å². The summed E-state index contributed by atoms with van der Waals surface area (Å²) in [5.74, 6) is -3.52. The van der Waals surface area contributed by atoms with Gasteiger partial charge in [0.1, 0.15) is 18.3 Å². The van der Waals surface area contributed by atoms with Gasteiger partial charge in [-0.25, -0.2) is 18.5 Å². The predicted molar refractivity (Wildman–Crippen MR) is 102 cm³/mol. The Labute approximate surface area is 189 Å². The van der Waals surface area contributed by atoms with Crippen LogP contribution in [0.15, 0.2) is 15.8 Å². The Morgan fingerprint density at radius 1 is 1.06 bits per heavy atom. The van der Waals surface area contributed by atoms with E-state index in [1.165, 1.54) is 0 Å². The number of hydrogen-bond acceptors (Lipinski definition) is 12. The summed E-state index contributed by atoms with van der Waals surface area (Å²) < 4.78 is 77.5. The van der Waals surface area contributed by atoms with Crippen LogP contribution in [0.25, 0.3) is 11.0 Å². The highest BCUT2D eigenvalue weighted by atomic mass is 31.3. The molecule has 1 saturated heterocycles. The van der Waals surface area contributed by atoms with Crippen LogP contribution < -0.4 is 11.1 Å². The van der Waals surface area contributed by atoms with Gasteiger partial charge < -0.3 is 39.5 Å². The van der Waals surface area contributed by atoms with Gasteiger partial charge in [-0.05, 0) is 0 Å². The van der Waals surface area contributed by atoms with Crippen LogP contribution >= 0.6 is 23.5 Å². The van der Waals surface area contributed by atoms with E-state index >= 15 is 0 Å². The van der Waals surface area contributed by atoms with Crippen LogP contribution in [0.1, 0.15) is 6.23 Å². The number of aliphatic hydroxyl groups is 2. The predicted octanol–water partition coefficient (Wildman–Crippen LogP) is -1.67. The fourth-order valence-electron chi connectivity index (χ4n) is 2.86. The van der Waals surface area contributed by atoms with E-state index in [9.17, 15) is 47.2 Å². The Kier molecular flexibility index (Phi) is 7.63. The minimum atomic E-state index is -5.82. The number of aliphatic hydroxyl groups excluding tert-OH is 2. The quantitative estimate of drug-likeness (QED) is 0.138. The largest absolute Gasteiger partial charge is 0.490 e. The van der Waals surface area contributed by atoms with Crippen LogP contribution in [0, 0.1) is 11.8 Å². The van der Waals surface area contributed by atoms with Crippen molar-refractivity contribution in [3.8, 4) is 0 Å². The Hall–Kier alpha value is -1.76. The maximum atomic E-state index is 13.6. The first-order valence-electron chi connectivity index (χ1n) is 8.71. The Morgan fingerprint density at radius 3 is 2.29 bits per heavy atom. The number of nitrogens with zero attached hydrogens (tertiary/aromatic N) is 2. The lowest BCUT2D eigenvalue weighted by atomic mass is 10.1. The number of halogens is 2. The second kappa shape index (κ2) is 9.60. The molecule has 0 amide bonds. The molecule has 7 N–H and O–H groups in total. The van der Waals surface area contributed by atoms with Crippen LogP contribution in [-0.4, -0.2) is 69.2 Å². The molecule has 0 spiro atoms. The zero-order valence-electron chi connectivity index (χ0n) is 16.4. The lowest BCUT2D eigenvalue weighted by Gasteiger charge is -2.19. The van der Waals surface area contributed by atoms with Crippen molar-refractivity contribution in [2.24, 2.45) is 0 Å². The topological polar surface area (TPSA) is 277 Å². The highest BCUT2D eigenvalue weighted by molar-refractivity contribution is 7.66. The first-order valence-corrected chi connectivity index (χ1v) is 13.2. The number of aromatic nitrogens is 3. The molecule has 1 aliphatic heterocycles. The summed E-state index contributed by atoms with van der Waals surface area (Å²) in [5.41, 5.74) is -3.42. The Bertz CT molecular complexity index is 1410. The van der Waals surface area contributed by atoms with E-state index in [4.69, 9.17) is 19.4 Å². The van der Waals surface area contributed by atoms with Gasteiger partial charge in [-0.3, -0.25) is 13.9 Å². The van der Waals surface area contributed by atoms with Crippen molar-refractivity contribution in [2.75, 3.05) is 6.61 Å². The molecular formula is C12H14F2N3O15P3. The molecule has 0 radical (unpaired) electrons. The number of nitrogens with one attached hydrogen (secondary N) is 1. The lowest BCUT2D eigenvalue weighted by molar-refractivity contribution is -0.0539. The summed E-state index contributed by atoms with van der Waals surface area (Å²) >= 11 is 0. The third kappa shape index (κ3) is 6.33. The van der Waals surface area contributed by atoms with Gasteiger partial charge >= 0.3 is 29.2 Å². The van der Waals surface area contributed by atoms with E-state index in [1.807, 2.05) is 0 Å². The number of hydrogen-bond donors (Lipinski definition) is 7. The average molecular weight is 571 g/mol. The van der Waals surface area contributed by atoms with Crippen molar-refractivity contribution in [3.05, 3.63) is 38.7 Å². The minimum Gasteiger partial charge on any atom is -0.387 e. The van der Waals surface area contributed by atoms with Crippen LogP contribution in [0.3, 0.4) is 0 Å². The van der Waals surface area contributed by atoms with Gasteiger partial charge in [0, 0.05) is 6.20 Å². The summed E-state index contributed by atoms with van der Waals surface area (Å²) in [7, 11) is -17.1. The summed E-state index contributed by atoms with van der Waals surface area (Å²) in [5, 5.41) is 19.6. The molecule has 2 aromatic rings. The molecule has 0 bridgehead atoms. The number of phosphoric ester groups is 1. The number of fused-ring (bicyclic) bond motifs is 1. The number of pyridine rings is 1. The molecule has 0 aromatic carbocycles. The molecule has 1 fully saturated rings. The number of H-pyrrole nitrogens is 1. The van der Waals surface area contributed by atoms with Crippen molar-refractivity contribution >= 4 is 34.5 Å². The minimum absolute atomic E-state index is 0.424. The van der Waals surface area contributed by atoms with Gasteiger partial charge in [0.15, 0.2) is 11.9 Å². The number of rotatable bonds is 8. The number of ether oxygens (including phenoxy) is 1. The molecule has 3 unspecified atom stereocenters. The molecule has 6 atom stereocenters. The third-order valence-corrected chi connectivity index (χ3v) is 8.05. The van der Waals surface area contributed by atoms with E-state index in [1.54, 1.807) is 4.98 Å². The van der Waals surface area contributed by atoms with E-state index in [2.05, 4.69) is 18.1 Å². The third-order valence-electron chi connectivity index (χ3n) is 4.25. The molecule has 3 heterocycles. The van der Waals surface area contributed by atoms with Gasteiger partial charge in [0.2, 0.25) is 17.2 Å².